The van der Waals surface area contributed by atoms with Gasteiger partial charge in [0.1, 0.15) is 6.04 Å². The summed E-state index contributed by atoms with van der Waals surface area (Å²) in [5.41, 5.74) is 0.394. The number of fused-ring (bicyclic) bond motifs is 5. The standard InChI is InChI=1S/C32H55N2O4/c1-5-8-29(36)38-30-27(34(4)15-6-7-16-34)20-25-23-10-9-22-19-28(35)26(33-13-17-37-18-14-33)21-32(22,3)24(23)11-12-31(25,30)2/h22-28,30,35H,5-21H2,1-4H3/q+1/t22-,23+,24-,25-,26-,27-,28-,30-,31-,32-/m0/s1. The van der Waals surface area contributed by atoms with Gasteiger partial charge in [-0.25, -0.2) is 0 Å². The summed E-state index contributed by atoms with van der Waals surface area (Å²) < 4.78 is 13.3. The van der Waals surface area contributed by atoms with Crippen molar-refractivity contribution in [1.29, 1.82) is 0 Å². The lowest BCUT2D eigenvalue weighted by Crippen LogP contribution is -2.61. The molecule has 216 valence electrons. The van der Waals surface area contributed by atoms with Gasteiger partial charge in [-0.3, -0.25) is 9.69 Å². The van der Waals surface area contributed by atoms with Gasteiger partial charge in [-0.05, 0) is 74.0 Å². The summed E-state index contributed by atoms with van der Waals surface area (Å²) in [5, 5.41) is 11.3. The lowest BCUT2D eigenvalue weighted by atomic mass is 9.44. The van der Waals surface area contributed by atoms with Crippen molar-refractivity contribution in [3.05, 3.63) is 0 Å². The summed E-state index contributed by atoms with van der Waals surface area (Å²) in [6.07, 6.45) is 12.2. The molecule has 6 nitrogen and oxygen atoms in total. The van der Waals surface area contributed by atoms with Crippen molar-refractivity contribution in [3.63, 3.8) is 0 Å². The van der Waals surface area contributed by atoms with E-state index in [0.29, 0.717) is 29.7 Å². The molecule has 2 saturated heterocycles. The van der Waals surface area contributed by atoms with E-state index in [1.807, 2.05) is 0 Å². The van der Waals surface area contributed by atoms with Gasteiger partial charge in [-0.15, -0.1) is 0 Å². The Kier molecular flexibility index (Phi) is 7.45. The van der Waals surface area contributed by atoms with Crippen LogP contribution in [0.5, 0.6) is 0 Å². The van der Waals surface area contributed by atoms with Gasteiger partial charge in [-0.2, -0.15) is 0 Å². The van der Waals surface area contributed by atoms with E-state index in [0.717, 1.165) is 61.9 Å². The molecule has 0 spiro atoms. The predicted octanol–water partition coefficient (Wildman–Crippen LogP) is 4.63. The monoisotopic (exact) mass is 531 g/mol. The summed E-state index contributed by atoms with van der Waals surface area (Å²) in [4.78, 5) is 15.5. The number of aliphatic hydroxyl groups is 1. The minimum atomic E-state index is -0.200. The van der Waals surface area contributed by atoms with Gasteiger partial charge < -0.3 is 19.1 Å². The average Bonchev–Trinajstić information content (AvgIpc) is 3.47. The number of likely N-dealkylation sites (N-methyl/N-ethyl adjacent to an activating group) is 1. The highest BCUT2D eigenvalue weighted by Crippen LogP contribution is 2.67. The van der Waals surface area contributed by atoms with Crippen LogP contribution >= 0.6 is 0 Å². The number of morpholine rings is 1. The molecule has 0 aromatic heterocycles. The van der Waals surface area contributed by atoms with E-state index in [-0.39, 0.29) is 29.6 Å². The first-order valence-electron chi connectivity index (χ1n) is 16.2. The number of likely N-dealkylation sites (tertiary alicyclic amines) is 1. The Morgan fingerprint density at radius 2 is 1.79 bits per heavy atom. The fourth-order valence-electron chi connectivity index (χ4n) is 11.1. The average molecular weight is 532 g/mol. The predicted molar refractivity (Wildman–Crippen MR) is 148 cm³/mol. The molecule has 0 amide bonds. The van der Waals surface area contributed by atoms with Crippen molar-refractivity contribution in [2.45, 2.75) is 116 Å². The Bertz CT molecular complexity index is 870. The zero-order chi connectivity index (χ0) is 26.7. The minimum absolute atomic E-state index is 0.0302. The molecule has 6 aliphatic rings. The Morgan fingerprint density at radius 3 is 2.50 bits per heavy atom. The number of rotatable bonds is 5. The third-order valence-electron chi connectivity index (χ3n) is 13.2. The Morgan fingerprint density at radius 1 is 1.05 bits per heavy atom. The molecular formula is C32H55N2O4+. The molecule has 38 heavy (non-hydrogen) atoms. The molecule has 2 aliphatic heterocycles. The zero-order valence-corrected chi connectivity index (χ0v) is 24.7. The molecule has 10 atom stereocenters. The van der Waals surface area contributed by atoms with Gasteiger partial charge in [0.25, 0.3) is 0 Å². The number of aliphatic hydroxyl groups excluding tert-OH is 1. The number of hydrogen-bond acceptors (Lipinski definition) is 5. The quantitative estimate of drug-likeness (QED) is 0.414. The molecule has 0 aromatic rings. The van der Waals surface area contributed by atoms with E-state index in [9.17, 15) is 9.90 Å². The third-order valence-corrected chi connectivity index (χ3v) is 13.2. The number of nitrogens with zero attached hydrogens (tertiary/aromatic N) is 2. The lowest BCUT2D eigenvalue weighted by molar-refractivity contribution is -0.924. The highest BCUT2D eigenvalue weighted by atomic mass is 16.5. The van der Waals surface area contributed by atoms with E-state index >= 15 is 0 Å². The fourth-order valence-corrected chi connectivity index (χ4v) is 11.1. The highest BCUT2D eigenvalue weighted by molar-refractivity contribution is 5.69. The molecule has 6 rings (SSSR count). The first-order valence-corrected chi connectivity index (χ1v) is 16.2. The summed E-state index contributed by atoms with van der Waals surface area (Å²) >= 11 is 0. The first-order chi connectivity index (χ1) is 18.2. The number of esters is 1. The molecule has 0 unspecified atom stereocenters. The van der Waals surface area contributed by atoms with Crippen molar-refractivity contribution >= 4 is 5.97 Å². The summed E-state index contributed by atoms with van der Waals surface area (Å²) in [7, 11) is 2.46. The van der Waals surface area contributed by atoms with Gasteiger partial charge in [0.15, 0.2) is 6.10 Å². The van der Waals surface area contributed by atoms with E-state index in [2.05, 4.69) is 32.7 Å². The second-order valence-corrected chi connectivity index (χ2v) is 15.0. The van der Waals surface area contributed by atoms with Gasteiger partial charge in [0.2, 0.25) is 0 Å². The van der Waals surface area contributed by atoms with Gasteiger partial charge >= 0.3 is 5.97 Å². The minimum Gasteiger partial charge on any atom is -0.455 e. The number of carbonyl (C=O) groups excluding carboxylic acids is 1. The molecule has 0 radical (unpaired) electrons. The van der Waals surface area contributed by atoms with E-state index in [1.54, 1.807) is 0 Å². The van der Waals surface area contributed by atoms with Crippen molar-refractivity contribution in [2.24, 2.45) is 34.5 Å². The number of hydrogen-bond donors (Lipinski definition) is 1. The first kappa shape index (κ1) is 27.5. The molecule has 0 aromatic carbocycles. The van der Waals surface area contributed by atoms with Crippen LogP contribution < -0.4 is 0 Å². The van der Waals surface area contributed by atoms with Crippen LogP contribution in [0.4, 0.5) is 0 Å². The van der Waals surface area contributed by atoms with Crippen molar-refractivity contribution < 1.29 is 23.9 Å². The molecule has 4 aliphatic carbocycles. The second kappa shape index (κ2) is 10.3. The van der Waals surface area contributed by atoms with Crippen molar-refractivity contribution in [3.8, 4) is 0 Å². The molecule has 6 fully saturated rings. The maximum absolute atomic E-state index is 13.0. The number of carbonyl (C=O) groups is 1. The topological polar surface area (TPSA) is 59.0 Å². The Labute approximate surface area is 231 Å². The maximum atomic E-state index is 13.0. The van der Waals surface area contributed by atoms with Crippen LogP contribution in [0.2, 0.25) is 0 Å². The lowest BCUT2D eigenvalue weighted by Gasteiger charge is -2.62. The molecular weight excluding hydrogens is 476 g/mol. The van der Waals surface area contributed by atoms with Gasteiger partial charge in [0.05, 0.1) is 39.5 Å². The van der Waals surface area contributed by atoms with Crippen LogP contribution in [-0.2, 0) is 14.3 Å². The summed E-state index contributed by atoms with van der Waals surface area (Å²) in [5.74, 6) is 2.77. The van der Waals surface area contributed by atoms with Crippen LogP contribution in [0.1, 0.15) is 91.4 Å². The van der Waals surface area contributed by atoms with E-state index in [1.165, 1.54) is 58.0 Å². The molecule has 2 heterocycles. The van der Waals surface area contributed by atoms with Gasteiger partial charge in [-0.1, -0.05) is 20.8 Å². The van der Waals surface area contributed by atoms with Crippen molar-refractivity contribution in [2.75, 3.05) is 46.4 Å². The van der Waals surface area contributed by atoms with Crippen LogP contribution in [0.25, 0.3) is 0 Å². The van der Waals surface area contributed by atoms with Crippen LogP contribution in [0.3, 0.4) is 0 Å². The SMILES string of the molecule is CCCC(=O)O[C@H]1[C@@H]([N+]2(C)CCCC2)C[C@H]2[C@@H]3CC[C@H]4C[C@H](O)[C@@H](N5CCOCC5)C[C@]4(C)[C@H]3CC[C@@]21C. The van der Waals surface area contributed by atoms with Crippen LogP contribution in [0.15, 0.2) is 0 Å². The second-order valence-electron chi connectivity index (χ2n) is 15.0. The maximum Gasteiger partial charge on any atom is 0.306 e. The van der Waals surface area contributed by atoms with Gasteiger partial charge in [0, 0.05) is 50.2 Å². The number of ether oxygens (including phenoxy) is 2. The normalized spacial score (nSPS) is 48.7. The zero-order valence-electron chi connectivity index (χ0n) is 24.7. The fraction of sp³-hybridized carbons (Fsp3) is 0.969. The summed E-state index contributed by atoms with van der Waals surface area (Å²) in [6.45, 7) is 13.2. The number of quaternary nitrogens is 1. The van der Waals surface area contributed by atoms with E-state index < -0.39 is 0 Å². The van der Waals surface area contributed by atoms with E-state index in [4.69, 9.17) is 9.47 Å². The van der Waals surface area contributed by atoms with Crippen LogP contribution in [0, 0.1) is 34.5 Å². The highest BCUT2D eigenvalue weighted by Gasteiger charge is 2.67. The molecule has 1 N–H and O–H groups in total. The Balaban J connectivity index is 1.28. The molecule has 4 saturated carbocycles. The summed E-state index contributed by atoms with van der Waals surface area (Å²) in [6, 6.07) is 0.729. The largest absolute Gasteiger partial charge is 0.455 e. The molecule has 6 heteroatoms. The van der Waals surface area contributed by atoms with Crippen LogP contribution in [-0.4, -0.2) is 91.2 Å². The Hall–Kier alpha value is -0.690. The molecule has 0 bridgehead atoms. The smallest absolute Gasteiger partial charge is 0.306 e. The van der Waals surface area contributed by atoms with Crippen molar-refractivity contribution in [1.82, 2.24) is 4.90 Å². The third kappa shape index (κ3) is 4.39.